The van der Waals surface area contributed by atoms with Crippen LogP contribution in [0.1, 0.15) is 0 Å². The third-order valence-corrected chi connectivity index (χ3v) is 2.30. The molecule has 0 saturated heterocycles. The van der Waals surface area contributed by atoms with Gasteiger partial charge in [0, 0.05) is 7.05 Å². The van der Waals surface area contributed by atoms with Crippen LogP contribution in [0.15, 0.2) is 5.10 Å². The van der Waals surface area contributed by atoms with E-state index < -0.39 is 23.9 Å². The van der Waals surface area contributed by atoms with Crippen LogP contribution < -0.4 is 5.43 Å². The summed E-state index contributed by atoms with van der Waals surface area (Å²) in [5, 5.41) is 3.67. The quantitative estimate of drug-likeness (QED) is 0.622. The lowest BCUT2D eigenvalue weighted by atomic mass is 10.0. The second kappa shape index (κ2) is 5.28. The number of rotatable bonds is 2. The van der Waals surface area contributed by atoms with Crippen molar-refractivity contribution in [2.75, 3.05) is 27.8 Å². The Hall–Kier alpha value is -2.12. The molecule has 0 saturated carbocycles. The van der Waals surface area contributed by atoms with Crippen LogP contribution in [0.25, 0.3) is 0 Å². The van der Waals surface area contributed by atoms with Crippen LogP contribution >= 0.6 is 0 Å². The second-order valence-corrected chi connectivity index (χ2v) is 3.27. The summed E-state index contributed by atoms with van der Waals surface area (Å²) in [6.07, 6.45) is -0.800. The van der Waals surface area contributed by atoms with Gasteiger partial charge in [0.1, 0.15) is 5.92 Å². The van der Waals surface area contributed by atoms with Crippen LogP contribution in [0, 0.1) is 5.92 Å². The number of carbonyl (C=O) groups is 3. The highest BCUT2D eigenvalue weighted by molar-refractivity contribution is 6.41. The summed E-state index contributed by atoms with van der Waals surface area (Å²) in [6.45, 7) is 0.143. The van der Waals surface area contributed by atoms with Crippen molar-refractivity contribution in [3.8, 4) is 0 Å². The van der Waals surface area contributed by atoms with Crippen LogP contribution in [0.5, 0.6) is 0 Å². The van der Waals surface area contributed by atoms with Gasteiger partial charge in [-0.1, -0.05) is 0 Å². The van der Waals surface area contributed by atoms with Crippen molar-refractivity contribution < 1.29 is 23.9 Å². The number of carbonyl (C=O) groups excluding carboxylic acids is 3. The predicted octanol–water partition coefficient (Wildman–Crippen LogP) is -1.04. The molecular formula is C9H13N3O5. The molecule has 94 valence electrons. The molecule has 0 spiro atoms. The van der Waals surface area contributed by atoms with Gasteiger partial charge in [-0.3, -0.25) is 4.79 Å². The van der Waals surface area contributed by atoms with E-state index in [9.17, 15) is 14.4 Å². The number of amides is 2. The minimum absolute atomic E-state index is 0.0479. The molecule has 1 rings (SSSR count). The first kappa shape index (κ1) is 12.9. The first-order valence-corrected chi connectivity index (χ1v) is 4.77. The van der Waals surface area contributed by atoms with Gasteiger partial charge in [0.05, 0.1) is 20.8 Å². The largest absolute Gasteiger partial charge is 0.464 e. The molecule has 1 atom stereocenters. The van der Waals surface area contributed by atoms with Crippen LogP contribution in [-0.2, 0) is 19.1 Å². The van der Waals surface area contributed by atoms with Gasteiger partial charge >= 0.3 is 12.1 Å². The van der Waals surface area contributed by atoms with E-state index in [2.05, 4.69) is 20.0 Å². The van der Waals surface area contributed by atoms with E-state index in [0.29, 0.717) is 0 Å². The number of imide groups is 1. The fourth-order valence-corrected chi connectivity index (χ4v) is 1.35. The van der Waals surface area contributed by atoms with E-state index in [1.807, 2.05) is 0 Å². The number of methoxy groups -OCH3 is 2. The van der Waals surface area contributed by atoms with Gasteiger partial charge in [0.2, 0.25) is 5.91 Å². The van der Waals surface area contributed by atoms with Crippen molar-refractivity contribution in [3.63, 3.8) is 0 Å². The van der Waals surface area contributed by atoms with E-state index in [1.54, 1.807) is 0 Å². The van der Waals surface area contributed by atoms with Gasteiger partial charge in [-0.15, -0.1) is 0 Å². The second-order valence-electron chi connectivity index (χ2n) is 3.27. The highest BCUT2D eigenvalue weighted by atomic mass is 16.5. The normalized spacial score (nSPS) is 17.8. The Bertz CT molecular complexity index is 379. The number of hydrazone groups is 1. The van der Waals surface area contributed by atoms with Crippen molar-refractivity contribution in [1.29, 1.82) is 0 Å². The van der Waals surface area contributed by atoms with Gasteiger partial charge in [-0.2, -0.15) is 5.10 Å². The Kier molecular flexibility index (Phi) is 4.02. The Balaban J connectivity index is 2.80. The van der Waals surface area contributed by atoms with E-state index in [0.717, 1.165) is 12.0 Å². The molecule has 8 heteroatoms. The van der Waals surface area contributed by atoms with Crippen molar-refractivity contribution in [3.05, 3.63) is 0 Å². The number of hydrogen-bond acceptors (Lipinski definition) is 7. The first-order valence-electron chi connectivity index (χ1n) is 4.77. The lowest BCUT2D eigenvalue weighted by Gasteiger charge is -2.17. The Morgan fingerprint density at radius 1 is 1.35 bits per heavy atom. The number of hydrogen-bond donors (Lipinski definition) is 1. The molecule has 1 aliphatic rings. The van der Waals surface area contributed by atoms with Crippen molar-refractivity contribution in [2.24, 2.45) is 11.0 Å². The average molecular weight is 243 g/mol. The van der Waals surface area contributed by atoms with Gasteiger partial charge in [-0.05, 0) is 0 Å². The fourth-order valence-electron chi connectivity index (χ4n) is 1.35. The zero-order chi connectivity index (χ0) is 13.0. The number of nitrogens with zero attached hydrogens (tertiary/aromatic N) is 2. The lowest BCUT2D eigenvalue weighted by Crippen LogP contribution is -2.43. The lowest BCUT2D eigenvalue weighted by molar-refractivity contribution is -0.135. The summed E-state index contributed by atoms with van der Waals surface area (Å²) >= 11 is 0. The smallest absolute Gasteiger partial charge is 0.415 e. The predicted molar refractivity (Wildman–Crippen MR) is 56.1 cm³/mol. The van der Waals surface area contributed by atoms with E-state index in [1.165, 1.54) is 14.2 Å². The average Bonchev–Trinajstić information content (AvgIpc) is 2.83. The van der Waals surface area contributed by atoms with E-state index >= 15 is 0 Å². The van der Waals surface area contributed by atoms with Crippen molar-refractivity contribution >= 4 is 23.7 Å². The van der Waals surface area contributed by atoms with Crippen molar-refractivity contribution in [1.82, 2.24) is 10.3 Å². The Labute approximate surface area is 97.5 Å². The number of ether oxygens (including phenoxy) is 2. The molecule has 2 amide bonds. The first-order chi connectivity index (χ1) is 8.02. The van der Waals surface area contributed by atoms with E-state index in [-0.39, 0.29) is 12.3 Å². The molecule has 0 radical (unpaired) electrons. The van der Waals surface area contributed by atoms with Crippen LogP contribution in [0.2, 0.25) is 0 Å². The summed E-state index contributed by atoms with van der Waals surface area (Å²) in [7, 11) is 3.62. The van der Waals surface area contributed by atoms with Gasteiger partial charge in [-0.25, -0.2) is 14.5 Å². The molecule has 17 heavy (non-hydrogen) atoms. The van der Waals surface area contributed by atoms with Crippen LogP contribution in [0.3, 0.4) is 0 Å². The minimum atomic E-state index is -0.841. The molecule has 0 aliphatic carbocycles. The molecule has 0 fully saturated rings. The van der Waals surface area contributed by atoms with Crippen molar-refractivity contribution in [2.45, 2.75) is 0 Å². The van der Waals surface area contributed by atoms with E-state index in [4.69, 9.17) is 0 Å². The third-order valence-electron chi connectivity index (χ3n) is 2.30. The summed E-state index contributed by atoms with van der Waals surface area (Å²) in [5.74, 6) is -2.12. The maximum absolute atomic E-state index is 11.9. The molecule has 8 nitrogen and oxygen atoms in total. The molecule has 1 heterocycles. The standard InChI is InChI=1S/C9H13N3O5/c1-12(9(15)17-3)7(13)5-4-10-11-6(5)8(14)16-2/h5,10H,4H2,1-3H3/t5-/m0/s1. The maximum Gasteiger partial charge on any atom is 0.415 e. The SMILES string of the molecule is COC(=O)C1=NNC[C@@H]1C(=O)N(C)C(=O)OC. The molecule has 1 N–H and O–H groups in total. The monoisotopic (exact) mass is 243 g/mol. The molecular weight excluding hydrogens is 230 g/mol. The molecule has 0 aromatic heterocycles. The van der Waals surface area contributed by atoms with Gasteiger partial charge in [0.25, 0.3) is 0 Å². The zero-order valence-electron chi connectivity index (χ0n) is 9.72. The molecule has 1 aliphatic heterocycles. The topological polar surface area (TPSA) is 97.3 Å². The summed E-state index contributed by atoms with van der Waals surface area (Å²) < 4.78 is 8.89. The Morgan fingerprint density at radius 3 is 2.53 bits per heavy atom. The fraction of sp³-hybridized carbons (Fsp3) is 0.556. The van der Waals surface area contributed by atoms with Crippen LogP contribution in [-0.4, -0.2) is 56.4 Å². The molecule has 0 aromatic rings. The summed E-state index contributed by atoms with van der Waals surface area (Å²) in [4.78, 5) is 35.1. The maximum atomic E-state index is 11.9. The Morgan fingerprint density at radius 2 is 2.00 bits per heavy atom. The molecule has 0 aromatic carbocycles. The molecule has 0 unspecified atom stereocenters. The summed E-state index contributed by atoms with van der Waals surface area (Å²) in [6, 6.07) is 0. The number of nitrogens with one attached hydrogen (secondary N) is 1. The van der Waals surface area contributed by atoms with Crippen LogP contribution in [0.4, 0.5) is 4.79 Å². The highest BCUT2D eigenvalue weighted by Crippen LogP contribution is 2.11. The zero-order valence-corrected chi connectivity index (χ0v) is 9.72. The van der Waals surface area contributed by atoms with Gasteiger partial charge < -0.3 is 14.9 Å². The number of esters is 1. The van der Waals surface area contributed by atoms with Gasteiger partial charge in [0.15, 0.2) is 5.71 Å². The molecule has 0 bridgehead atoms. The minimum Gasteiger partial charge on any atom is -0.464 e. The third kappa shape index (κ3) is 2.52. The summed E-state index contributed by atoms with van der Waals surface area (Å²) in [5.41, 5.74) is 2.47. The highest BCUT2D eigenvalue weighted by Gasteiger charge is 2.37.